The number of fused-ring (bicyclic) bond motifs is 4. The van der Waals surface area contributed by atoms with E-state index in [0.717, 1.165) is 107 Å². The first kappa shape index (κ1) is 157. The molecule has 10 unspecified atom stereocenters. The van der Waals surface area contributed by atoms with Gasteiger partial charge >= 0.3 is 0 Å². The number of carbonyl (C=O) groups is 8. The Morgan fingerprint density at radius 1 is 0.182 bits per heavy atom. The van der Waals surface area contributed by atoms with Gasteiger partial charge in [-0.25, -0.2) is 0 Å². The highest BCUT2D eigenvalue weighted by atomic mass is 127. The molecule has 10 atom stereocenters. The Labute approximate surface area is 864 Å². The molecule has 0 aliphatic carbocycles. The van der Waals surface area contributed by atoms with Gasteiger partial charge in [0.2, 0.25) is 0 Å². The third-order valence-corrected chi connectivity index (χ3v) is 15.9. The molecule has 0 radical (unpaired) electrons. The number of aryl methyl sites for hydroxylation is 6. The maximum Gasteiger partial charge on any atom is 0.261 e. The van der Waals surface area contributed by atoms with Crippen molar-refractivity contribution in [1.29, 1.82) is 0 Å². The molecule has 0 saturated heterocycles. The van der Waals surface area contributed by atoms with Gasteiger partial charge in [0.15, 0.2) is 0 Å². The van der Waals surface area contributed by atoms with Crippen molar-refractivity contribution in [1.82, 2.24) is 19.6 Å². The fourth-order valence-corrected chi connectivity index (χ4v) is 12.8. The van der Waals surface area contributed by atoms with Crippen LogP contribution in [-0.2, 0) is 0 Å². The van der Waals surface area contributed by atoms with Gasteiger partial charge in [-0.1, -0.05) is 163 Å². The summed E-state index contributed by atoms with van der Waals surface area (Å²) in [4.78, 5) is 109. The van der Waals surface area contributed by atoms with E-state index >= 15 is 0 Å². The highest BCUT2D eigenvalue weighted by molar-refractivity contribution is 14.0. The Bertz CT molecular complexity index is 4070. The monoisotopic (exact) mass is 2840 g/mol. The van der Waals surface area contributed by atoms with Crippen LogP contribution >= 0.6 is 339 Å². The van der Waals surface area contributed by atoms with Crippen LogP contribution in [0.1, 0.15) is 255 Å². The zero-order chi connectivity index (χ0) is 69.3. The van der Waals surface area contributed by atoms with Gasteiger partial charge in [-0.15, -0.1) is 240 Å². The van der Waals surface area contributed by atoms with Crippen molar-refractivity contribution in [2.45, 2.75) is 180 Å². The van der Waals surface area contributed by atoms with Crippen LogP contribution in [0.5, 0.6) is 0 Å². The van der Waals surface area contributed by atoms with Crippen molar-refractivity contribution in [3.63, 3.8) is 0 Å². The van der Waals surface area contributed by atoms with Gasteiger partial charge in [0, 0.05) is 83.1 Å². The van der Waals surface area contributed by atoms with Gasteiger partial charge in [-0.05, 0) is 176 Å². The van der Waals surface area contributed by atoms with Gasteiger partial charge in [-0.2, -0.15) is 99.0 Å². The Hall–Kier alpha value is 2.96. The smallest absolute Gasteiger partial charge is 0.261 e. The number of nitrogens with zero attached hydrogens (tertiary/aromatic N) is 4. The Morgan fingerprint density at radius 3 is 0.482 bits per heavy atom. The average Bonchev–Trinajstić information content (AvgIpc) is 0.676. The highest BCUT2D eigenvalue weighted by Crippen LogP contribution is 2.52. The van der Waals surface area contributed by atoms with E-state index in [9.17, 15) is 38.4 Å². The van der Waals surface area contributed by atoms with E-state index in [1.165, 1.54) is 23.9 Å². The molecule has 14 rings (SSSR count). The normalized spacial score (nSPS) is 10.5. The maximum atomic E-state index is 13.4. The summed E-state index contributed by atoms with van der Waals surface area (Å²) in [6.45, 7) is 51.7. The molecule has 4 aliphatic heterocycles. The van der Waals surface area contributed by atoms with Crippen molar-refractivity contribution in [3.8, 4) is 0 Å². The van der Waals surface area contributed by atoms with Gasteiger partial charge in [0.1, 0.15) is 0 Å². The standard InChI is InChI=1S/C40H26N2O4.C18H14N2O4.10C2H6.10HI.10H3P/c1-15-11-23-33-24(38(44)41(5)37(23)43)12-16(2)28-20-9-10-22-30-18(4)14-26-34-25(39(45)42(6)40(26)46)13-17(3)29(36(30)34)21-8-7-19(27(15)35(28)33)31(20)32(21)22;1-7-5-9-14-12(18(24)20(4)15(9)21)8(2)6-10-13(14)11(7)17(23)19(3)16(10)22;10*1-2;;;;;;;;;;;;;;;;;;;;/h7-14H,1-6H3;5-6H,1-4H3;10*1-2H3;10*1H;10*1H3. The fourth-order valence-electron chi connectivity index (χ4n) is 12.8. The Balaban J connectivity index is -0.0000000728. The first-order valence-corrected chi connectivity index (χ1v) is 33.0. The lowest BCUT2D eigenvalue weighted by atomic mass is 9.78. The van der Waals surface area contributed by atoms with Crippen molar-refractivity contribution >= 4 is 472 Å². The van der Waals surface area contributed by atoms with Crippen LogP contribution in [0.25, 0.3) is 86.2 Å². The third-order valence-electron chi connectivity index (χ3n) is 15.9. The van der Waals surface area contributed by atoms with Crippen LogP contribution in [0, 0.1) is 41.5 Å². The first-order chi connectivity index (χ1) is 43.3. The molecule has 12 nitrogen and oxygen atoms in total. The number of carbonyl (C=O) groups excluding carboxylic acids is 8. The van der Waals surface area contributed by atoms with Crippen molar-refractivity contribution in [2.75, 3.05) is 28.2 Å². The minimum atomic E-state index is -0.419. The second-order valence-electron chi connectivity index (χ2n) is 19.7. The predicted molar refractivity (Wildman–Crippen MR) is 648 cm³/mol. The summed E-state index contributed by atoms with van der Waals surface area (Å²) in [6.07, 6.45) is 0. The van der Waals surface area contributed by atoms with E-state index in [2.05, 4.69) is 52.0 Å². The first-order valence-electron chi connectivity index (χ1n) is 33.0. The maximum absolute atomic E-state index is 13.4. The van der Waals surface area contributed by atoms with E-state index in [-0.39, 0.29) is 362 Å². The summed E-state index contributed by atoms with van der Waals surface area (Å²) in [7, 11) is 5.98. The van der Waals surface area contributed by atoms with Gasteiger partial charge in [0.05, 0.1) is 11.1 Å². The van der Waals surface area contributed by atoms with Crippen LogP contribution in [0.15, 0.2) is 60.7 Å². The summed E-state index contributed by atoms with van der Waals surface area (Å²) in [5, 5.41) is 15.1. The molecule has 32 heteroatoms. The highest BCUT2D eigenvalue weighted by Gasteiger charge is 2.41. The molecule has 0 bridgehead atoms. The number of rotatable bonds is 0. The van der Waals surface area contributed by atoms with Crippen LogP contribution in [0.3, 0.4) is 0 Å². The molecule has 8 amide bonds. The van der Waals surface area contributed by atoms with Gasteiger partial charge in [-0.3, -0.25) is 58.0 Å². The number of amides is 8. The second kappa shape index (κ2) is 71.4. The molecule has 0 fully saturated rings. The third kappa shape index (κ3) is 27.5. The van der Waals surface area contributed by atoms with E-state index < -0.39 is 23.6 Å². The Morgan fingerprint density at radius 2 is 0.318 bits per heavy atom. The lowest BCUT2D eigenvalue weighted by Gasteiger charge is -2.31. The van der Waals surface area contributed by atoms with Crippen molar-refractivity contribution in [3.05, 3.63) is 139 Å². The number of halogens is 10. The summed E-state index contributed by atoms with van der Waals surface area (Å²) in [5.74, 6) is -2.76. The Kier molecular flexibility index (Phi) is 102. The molecule has 0 saturated carbocycles. The van der Waals surface area contributed by atoms with Crippen LogP contribution in [-0.4, -0.2) is 95.0 Å². The summed E-state index contributed by atoms with van der Waals surface area (Å²) < 4.78 is 0. The van der Waals surface area contributed by atoms with Crippen molar-refractivity contribution in [2.24, 2.45) is 0 Å². The van der Waals surface area contributed by atoms with E-state index in [0.29, 0.717) is 66.4 Å². The molecular formula is C78H140I10N4O8P10. The molecule has 0 spiro atoms. The summed E-state index contributed by atoms with van der Waals surface area (Å²) in [6, 6.07) is 19.8. The molecule has 10 aromatic carbocycles. The molecule has 640 valence electrons. The SMILES string of the molecule is CC.CC.CC.CC.CC.CC.CC.CC.CC.CC.Cc1cc2c3c(c(C)cc4c3c1C(=O)N(C)C4=O)C(=O)N(C)C2=O.Cc1cc2c3c(cc(C)c4c5ccc6c7c(C)cc8c9c(cc(C)c(c%10ccc(c1c34)c5c%106)c97)C(=O)N(C)C8=O)C(=O)N(C)C2=O.I.I.I.I.I.I.I.I.I.I.P.P.P.P.P.P.P.P.P.P. The number of hydrogen-bond donors (Lipinski definition) is 0. The molecule has 4 heterocycles. The van der Waals surface area contributed by atoms with E-state index in [1.54, 1.807) is 40.1 Å². The average molecular weight is 2840 g/mol. The van der Waals surface area contributed by atoms with E-state index in [1.807, 2.05) is 163 Å². The van der Waals surface area contributed by atoms with Gasteiger partial charge < -0.3 is 0 Å². The number of imide groups is 4. The largest absolute Gasteiger partial charge is 0.277 e. The second-order valence-corrected chi connectivity index (χ2v) is 19.7. The number of benzene rings is 10. The predicted octanol–water partition coefficient (Wildman–Crippen LogP) is 27.3. The van der Waals surface area contributed by atoms with E-state index in [4.69, 9.17) is 0 Å². The van der Waals surface area contributed by atoms with Gasteiger partial charge in [0.25, 0.3) is 47.3 Å². The quantitative estimate of drug-likeness (QED) is 0.0479. The molecular weight excluding hydrogens is 2700 g/mol. The molecule has 0 aromatic heterocycles. The minimum absolute atomic E-state index is 0. The molecule has 0 N–H and O–H groups in total. The summed E-state index contributed by atoms with van der Waals surface area (Å²) in [5.41, 5.74) is 8.97. The molecule has 10 aromatic rings. The van der Waals surface area contributed by atoms with Crippen LogP contribution in [0.2, 0.25) is 0 Å². The van der Waals surface area contributed by atoms with Crippen molar-refractivity contribution < 1.29 is 38.4 Å². The molecule has 110 heavy (non-hydrogen) atoms. The molecule has 4 aliphatic rings. The fraction of sp³-hybridized carbons (Fsp3) is 0.385. The van der Waals surface area contributed by atoms with Crippen LogP contribution < -0.4 is 0 Å². The van der Waals surface area contributed by atoms with Crippen LogP contribution in [0.4, 0.5) is 0 Å². The lowest BCUT2D eigenvalue weighted by molar-refractivity contribution is 0.0628. The zero-order valence-electron chi connectivity index (χ0n) is 71.0. The summed E-state index contributed by atoms with van der Waals surface area (Å²) >= 11 is 0. The topological polar surface area (TPSA) is 150 Å². The zero-order valence-corrected chi connectivity index (χ0v) is 108. The lowest BCUT2D eigenvalue weighted by Crippen LogP contribution is -2.41. The minimum Gasteiger partial charge on any atom is -0.277 e. The number of hydrogen-bond acceptors (Lipinski definition) is 8.